The molecule has 1 atom stereocenters. The van der Waals surface area contributed by atoms with Gasteiger partial charge in [-0.05, 0) is 74.9 Å². The Kier molecular flexibility index (Phi) is 7.26. The van der Waals surface area contributed by atoms with Crippen molar-refractivity contribution in [2.45, 2.75) is 30.9 Å². The highest BCUT2D eigenvalue weighted by Crippen LogP contribution is 2.27. The molecule has 2 N–H and O–H groups in total. The Labute approximate surface area is 186 Å². The van der Waals surface area contributed by atoms with Crippen molar-refractivity contribution in [3.05, 3.63) is 89.5 Å². The summed E-state index contributed by atoms with van der Waals surface area (Å²) in [7, 11) is 0. The Morgan fingerprint density at radius 1 is 0.839 bits per heavy atom. The minimum absolute atomic E-state index is 0.0174. The Hall–Kier alpha value is -3.38. The molecule has 0 fully saturated rings. The highest BCUT2D eigenvalue weighted by Gasteiger charge is 2.16. The van der Waals surface area contributed by atoms with Gasteiger partial charge in [0.15, 0.2) is 5.78 Å². The number of amides is 2. The van der Waals surface area contributed by atoms with Crippen LogP contribution in [0.2, 0.25) is 0 Å². The molecule has 3 rings (SSSR count). The van der Waals surface area contributed by atoms with Crippen molar-refractivity contribution in [2.75, 3.05) is 10.6 Å². The normalized spacial score (nSPS) is 11.5. The summed E-state index contributed by atoms with van der Waals surface area (Å²) in [6.07, 6.45) is 0. The van der Waals surface area contributed by atoms with Crippen LogP contribution in [0.3, 0.4) is 0 Å². The van der Waals surface area contributed by atoms with Gasteiger partial charge in [0.1, 0.15) is 0 Å². The van der Waals surface area contributed by atoms with Gasteiger partial charge in [-0.1, -0.05) is 24.3 Å². The zero-order chi connectivity index (χ0) is 22.4. The zero-order valence-electron chi connectivity index (χ0n) is 17.6. The van der Waals surface area contributed by atoms with Gasteiger partial charge in [-0.2, -0.15) is 0 Å². The molecule has 2 amide bonds. The Morgan fingerprint density at radius 2 is 1.55 bits per heavy atom. The summed E-state index contributed by atoms with van der Waals surface area (Å²) >= 11 is 1.40. The second-order valence-electron chi connectivity index (χ2n) is 7.18. The number of Topliss-reactive ketones (excluding diaryl/α,β-unsaturated/α-hetero) is 1. The van der Waals surface area contributed by atoms with Gasteiger partial charge in [0.2, 0.25) is 5.91 Å². The molecule has 0 aliphatic heterocycles. The second-order valence-corrected chi connectivity index (χ2v) is 8.59. The van der Waals surface area contributed by atoms with E-state index in [-0.39, 0.29) is 22.8 Å². The van der Waals surface area contributed by atoms with Gasteiger partial charge < -0.3 is 10.6 Å². The third kappa shape index (κ3) is 6.06. The molecule has 0 saturated carbocycles. The summed E-state index contributed by atoms with van der Waals surface area (Å²) in [6.45, 7) is 5.22. The van der Waals surface area contributed by atoms with E-state index in [1.807, 2.05) is 56.3 Å². The van der Waals surface area contributed by atoms with E-state index in [9.17, 15) is 14.4 Å². The largest absolute Gasteiger partial charge is 0.325 e. The first-order valence-corrected chi connectivity index (χ1v) is 10.8. The SMILES string of the molecule is CC(=O)c1ccc(NC(=O)C(C)Sc2cccc(NC(=O)c3ccccc3C)c2)cc1. The fraction of sp³-hybridized carbons (Fsp3) is 0.160. The van der Waals surface area contributed by atoms with Crippen LogP contribution < -0.4 is 10.6 Å². The lowest BCUT2D eigenvalue weighted by molar-refractivity contribution is -0.115. The molecule has 5 nitrogen and oxygen atoms in total. The van der Waals surface area contributed by atoms with Gasteiger partial charge in [0.05, 0.1) is 5.25 Å². The van der Waals surface area contributed by atoms with E-state index in [2.05, 4.69) is 10.6 Å². The molecule has 0 saturated heterocycles. The summed E-state index contributed by atoms with van der Waals surface area (Å²) in [6, 6.07) is 21.7. The van der Waals surface area contributed by atoms with E-state index in [1.54, 1.807) is 30.3 Å². The number of benzene rings is 3. The van der Waals surface area contributed by atoms with Crippen LogP contribution in [0.4, 0.5) is 11.4 Å². The first kappa shape index (κ1) is 22.3. The molecule has 0 radical (unpaired) electrons. The van der Waals surface area contributed by atoms with E-state index < -0.39 is 0 Å². The highest BCUT2D eigenvalue weighted by atomic mass is 32.2. The van der Waals surface area contributed by atoms with Gasteiger partial charge in [-0.3, -0.25) is 14.4 Å². The van der Waals surface area contributed by atoms with Gasteiger partial charge in [0.25, 0.3) is 5.91 Å². The van der Waals surface area contributed by atoms with Crippen LogP contribution in [0.25, 0.3) is 0 Å². The van der Waals surface area contributed by atoms with E-state index in [0.29, 0.717) is 22.5 Å². The van der Waals surface area contributed by atoms with Crippen LogP contribution in [-0.4, -0.2) is 22.8 Å². The van der Waals surface area contributed by atoms with Gasteiger partial charge in [-0.25, -0.2) is 0 Å². The molecule has 0 spiro atoms. The number of aryl methyl sites for hydroxylation is 1. The van der Waals surface area contributed by atoms with Crippen molar-refractivity contribution in [1.82, 2.24) is 0 Å². The maximum Gasteiger partial charge on any atom is 0.255 e. The number of nitrogens with one attached hydrogen (secondary N) is 2. The molecule has 0 aliphatic rings. The van der Waals surface area contributed by atoms with E-state index >= 15 is 0 Å². The zero-order valence-corrected chi connectivity index (χ0v) is 18.5. The quantitative estimate of drug-likeness (QED) is 0.378. The molecule has 158 valence electrons. The second kappa shape index (κ2) is 10.1. The number of hydrogen-bond donors (Lipinski definition) is 2. The van der Waals surface area contributed by atoms with Crippen molar-refractivity contribution in [2.24, 2.45) is 0 Å². The molecular weight excluding hydrogens is 408 g/mol. The Bertz CT molecular complexity index is 1110. The van der Waals surface area contributed by atoms with Crippen LogP contribution in [0.15, 0.2) is 77.7 Å². The molecule has 1 unspecified atom stereocenters. The molecule has 0 bridgehead atoms. The average Bonchev–Trinajstić information content (AvgIpc) is 2.74. The standard InChI is InChI=1S/C25H24N2O3S/c1-16-7-4-5-10-23(16)25(30)27-21-8-6-9-22(15-21)31-18(3)24(29)26-20-13-11-19(12-14-20)17(2)28/h4-15,18H,1-3H3,(H,26,29)(H,27,30). The van der Waals surface area contributed by atoms with Crippen LogP contribution in [0.1, 0.15) is 40.1 Å². The highest BCUT2D eigenvalue weighted by molar-refractivity contribution is 8.00. The fourth-order valence-electron chi connectivity index (χ4n) is 2.96. The molecule has 3 aromatic rings. The van der Waals surface area contributed by atoms with Crippen LogP contribution in [0, 0.1) is 6.92 Å². The first-order chi connectivity index (χ1) is 14.8. The first-order valence-electron chi connectivity index (χ1n) is 9.89. The number of hydrogen-bond acceptors (Lipinski definition) is 4. The van der Waals surface area contributed by atoms with Crippen molar-refractivity contribution >= 4 is 40.7 Å². The van der Waals surface area contributed by atoms with Crippen molar-refractivity contribution < 1.29 is 14.4 Å². The number of thioether (sulfide) groups is 1. The number of rotatable bonds is 7. The van der Waals surface area contributed by atoms with Gasteiger partial charge >= 0.3 is 0 Å². The number of anilines is 2. The summed E-state index contributed by atoms with van der Waals surface area (Å²) < 4.78 is 0. The fourth-order valence-corrected chi connectivity index (χ4v) is 3.89. The topological polar surface area (TPSA) is 75.3 Å². The molecule has 0 aliphatic carbocycles. The number of ketones is 1. The van der Waals surface area contributed by atoms with Crippen LogP contribution in [0.5, 0.6) is 0 Å². The molecular formula is C25H24N2O3S. The predicted molar refractivity (Wildman–Crippen MR) is 126 cm³/mol. The summed E-state index contributed by atoms with van der Waals surface area (Å²) in [5.74, 6) is -0.328. The monoisotopic (exact) mass is 432 g/mol. The van der Waals surface area contributed by atoms with Crippen molar-refractivity contribution in [3.8, 4) is 0 Å². The Morgan fingerprint density at radius 3 is 2.23 bits per heavy atom. The summed E-state index contributed by atoms with van der Waals surface area (Å²) in [5, 5.41) is 5.43. The lowest BCUT2D eigenvalue weighted by atomic mass is 10.1. The lowest BCUT2D eigenvalue weighted by Gasteiger charge is -2.13. The minimum atomic E-state index is -0.352. The maximum atomic E-state index is 12.6. The van der Waals surface area contributed by atoms with E-state index in [4.69, 9.17) is 0 Å². The van der Waals surface area contributed by atoms with Gasteiger partial charge in [-0.15, -0.1) is 11.8 Å². The van der Waals surface area contributed by atoms with Gasteiger partial charge in [0, 0.05) is 27.4 Å². The summed E-state index contributed by atoms with van der Waals surface area (Å²) in [5.41, 5.74) is 3.45. The van der Waals surface area contributed by atoms with E-state index in [0.717, 1.165) is 10.5 Å². The molecule has 0 aromatic heterocycles. The minimum Gasteiger partial charge on any atom is -0.325 e. The van der Waals surface area contributed by atoms with Crippen LogP contribution >= 0.6 is 11.8 Å². The molecule has 6 heteroatoms. The third-order valence-corrected chi connectivity index (χ3v) is 5.82. The number of carbonyl (C=O) groups excluding carboxylic acids is 3. The Balaban J connectivity index is 1.61. The lowest BCUT2D eigenvalue weighted by Crippen LogP contribution is -2.22. The molecule has 3 aromatic carbocycles. The van der Waals surface area contributed by atoms with Crippen molar-refractivity contribution in [3.63, 3.8) is 0 Å². The van der Waals surface area contributed by atoms with E-state index in [1.165, 1.54) is 18.7 Å². The van der Waals surface area contributed by atoms with Crippen LogP contribution in [-0.2, 0) is 4.79 Å². The third-order valence-electron chi connectivity index (χ3n) is 4.72. The average molecular weight is 433 g/mol. The molecule has 0 heterocycles. The summed E-state index contributed by atoms with van der Waals surface area (Å²) in [4.78, 5) is 37.3. The smallest absolute Gasteiger partial charge is 0.255 e. The maximum absolute atomic E-state index is 12.6. The predicted octanol–water partition coefficient (Wildman–Crippen LogP) is 5.57. The number of carbonyl (C=O) groups is 3. The van der Waals surface area contributed by atoms with Crippen molar-refractivity contribution in [1.29, 1.82) is 0 Å². The molecule has 31 heavy (non-hydrogen) atoms.